The maximum atomic E-state index is 11.6. The molecule has 6 heterocycles. The Labute approximate surface area is 671 Å². The molecule has 0 amide bonds. The first-order valence-electron chi connectivity index (χ1n) is 35.5. The van der Waals surface area contributed by atoms with Crippen LogP contribution in [0.5, 0.6) is 0 Å². The molecule has 0 spiro atoms. The van der Waals surface area contributed by atoms with Gasteiger partial charge in [-0.15, -0.1) is 0 Å². The molecule has 3 N–H and O–H groups in total. The Morgan fingerprint density at radius 2 is 0.848 bits per heavy atom. The van der Waals surface area contributed by atoms with Crippen molar-refractivity contribution < 1.29 is 46.0 Å². The van der Waals surface area contributed by atoms with E-state index < -0.39 is 5.24 Å². The third-order valence-electron chi connectivity index (χ3n) is 15.9. The molecule has 8 aromatic rings. The Bertz CT molecular complexity index is 3640. The van der Waals surface area contributed by atoms with Crippen molar-refractivity contribution in [1.82, 2.24) is 34.7 Å². The molecule has 0 saturated carbocycles. The van der Waals surface area contributed by atoms with Crippen LogP contribution in [0.3, 0.4) is 0 Å². The molecule has 15 nitrogen and oxygen atoms in total. The predicted octanol–water partition coefficient (Wildman–Crippen LogP) is 16.3. The van der Waals surface area contributed by atoms with Crippen molar-refractivity contribution in [3.8, 4) is 0 Å². The van der Waals surface area contributed by atoms with Crippen LogP contribution in [-0.2, 0) is 45.0 Å². The van der Waals surface area contributed by atoms with Crippen LogP contribution < -0.4 is 22.7 Å². The first kappa shape index (κ1) is 98.8. The number of rotatable bonds is 21. The van der Waals surface area contributed by atoms with Gasteiger partial charge < -0.3 is 54.1 Å². The first-order valence-corrected chi connectivity index (χ1v) is 36.7. The number of aromatic nitrogens is 5. The van der Waals surface area contributed by atoms with E-state index in [0.717, 1.165) is 93.4 Å². The van der Waals surface area contributed by atoms with Crippen LogP contribution in [0, 0.1) is 6.92 Å². The molecule has 0 bridgehead atoms. The minimum atomic E-state index is -0.524. The number of hydrogen-bond acceptors (Lipinski definition) is 15. The molecule has 568 valence electrons. The SMILES string of the molecule is C1CCOC1.CC/C(=N/O)c1ccc(Cc2ccc(C(C)(C)C)cc2)nc1.CCC(=O)c1ccc(Cc2ccc(C(C)(C)C)cc2)nc1.CCC(=O)c1ccc(Cl)nc1.CCC(N)c1ccc(Cc2ccc(C(C)(C)C)cc2)nc1.CN(C)CCOCCN(C)C.O=C(Cl)c1ccc(Cl)nc1.[Br-].[CH2-]C.[Mg+2]. The summed E-state index contributed by atoms with van der Waals surface area (Å²) in [5.74, 6) is 0.234. The monoisotopic (exact) mass is 1570 g/mol. The van der Waals surface area contributed by atoms with Gasteiger partial charge in [0.25, 0.3) is 5.24 Å². The van der Waals surface area contributed by atoms with Crippen LogP contribution in [0.25, 0.3) is 0 Å². The van der Waals surface area contributed by atoms with E-state index in [9.17, 15) is 14.4 Å². The van der Waals surface area contributed by atoms with Crippen LogP contribution in [0.4, 0.5) is 0 Å². The fourth-order valence-electron chi connectivity index (χ4n) is 9.26. The molecule has 3 aromatic carbocycles. The smallest absolute Gasteiger partial charge is 1.00 e. The standard InChI is InChI=1S/C19H24N2O.C19H26N2.C19H23NO.C8H8ClNO.C8H20N2O.C6H3Cl2NO.C4H8O.C2H5.BrH.Mg/c1-5-18(21-22)15-8-11-17(20-13-15)12-14-6-9-16(10-7-14)19(2,3)4;1-5-18(20)15-8-11-17(21-13-15)12-14-6-9-16(10-7-14)19(2,3)4;1-5-18(21)15-8-11-17(20-13-15)12-14-6-9-16(10-7-14)19(2,3)4;1-2-7(11)6-3-4-8(9)10-5-6;1-9(2)5-7-11-8-6-10(3)4;7-5-2-1-4(3-9-5)6(8)10;1-2-4-5-3-1;1-2;;/h6-11,13,22H,5,12H2,1-4H3;6-11,13,18H,5,12,20H2,1-4H3;6-11,13H,5,12H2,1-4H3;3-5H,2H2,1H3;5-8H2,1-4H3;1-3H;1-4H2;1H2,2H3;1H;/q;;;;;;;-1;;+2/p-1/b21-18-;;;;;;;;;. The van der Waals surface area contributed by atoms with Gasteiger partial charge in [-0.1, -0.05) is 197 Å². The molecule has 0 radical (unpaired) electrons. The van der Waals surface area contributed by atoms with Gasteiger partial charge in [0, 0.05) is 129 Å². The van der Waals surface area contributed by atoms with E-state index >= 15 is 0 Å². The minimum Gasteiger partial charge on any atom is -1.00 e. The topological polar surface area (TPSA) is 199 Å². The van der Waals surface area contributed by atoms with Gasteiger partial charge in [0.05, 0.1) is 24.5 Å². The molecule has 0 aliphatic carbocycles. The minimum absolute atomic E-state index is 0. The molecular weight excluding hydrogens is 1450 g/mol. The summed E-state index contributed by atoms with van der Waals surface area (Å²) in [6, 6.07) is 44.6. The van der Waals surface area contributed by atoms with E-state index in [1.165, 1.54) is 70.7 Å². The molecule has 20 heteroatoms. The number of carbonyl (C=O) groups is 3. The number of carbonyl (C=O) groups excluding carboxylic acids is 3. The Hall–Kier alpha value is -6.19. The number of halogens is 4. The summed E-state index contributed by atoms with van der Waals surface area (Å²) in [6.07, 6.45) is 15.9. The average molecular weight is 1570 g/mol. The number of oxime groups is 1. The molecule has 105 heavy (non-hydrogen) atoms. The second-order valence-electron chi connectivity index (χ2n) is 28.1. The predicted molar refractivity (Wildman–Crippen MR) is 435 cm³/mol. The van der Waals surface area contributed by atoms with E-state index in [-0.39, 0.29) is 73.9 Å². The summed E-state index contributed by atoms with van der Waals surface area (Å²) in [4.78, 5) is 58.1. The molecule has 1 aliphatic heterocycles. The fraction of sp³-hybridized carbons (Fsp3) is 0.435. The molecule has 1 unspecified atom stereocenters. The summed E-state index contributed by atoms with van der Waals surface area (Å²) >= 11 is 16.1. The van der Waals surface area contributed by atoms with E-state index in [4.69, 9.17) is 55.2 Å². The average Bonchev–Trinajstić information content (AvgIpc) is 0.921. The van der Waals surface area contributed by atoms with E-state index in [2.05, 4.69) is 229 Å². The molecule has 1 atom stereocenters. The molecule has 9 rings (SSSR count). The van der Waals surface area contributed by atoms with Crippen LogP contribution in [-0.4, -0.2) is 153 Å². The Morgan fingerprint density at radius 1 is 0.514 bits per heavy atom. The first-order chi connectivity index (χ1) is 48.8. The Morgan fingerprint density at radius 3 is 1.10 bits per heavy atom. The van der Waals surface area contributed by atoms with Gasteiger partial charge in [-0.05, 0) is 175 Å². The van der Waals surface area contributed by atoms with Crippen molar-refractivity contribution in [2.24, 2.45) is 10.9 Å². The number of Topliss-reactive ketones (excluding diaryl/α,β-unsaturated/α-hetero) is 2. The van der Waals surface area contributed by atoms with Gasteiger partial charge >= 0.3 is 23.1 Å². The maximum absolute atomic E-state index is 11.6. The molecule has 1 aliphatic rings. The summed E-state index contributed by atoms with van der Waals surface area (Å²) in [7, 11) is 8.20. The largest absolute Gasteiger partial charge is 2.00 e. The number of hydrogen-bond donors (Lipinski definition) is 2. The molecule has 1 saturated heterocycles. The van der Waals surface area contributed by atoms with E-state index in [1.807, 2.05) is 51.2 Å². The van der Waals surface area contributed by atoms with E-state index in [1.54, 1.807) is 31.5 Å². The molecular formula is C85H117BrCl3MgN9O6. The third-order valence-corrected chi connectivity index (χ3v) is 16.6. The normalized spacial score (nSPS) is 11.8. The number of ether oxygens (including phenoxy) is 2. The van der Waals surface area contributed by atoms with Crippen LogP contribution >= 0.6 is 34.8 Å². The second kappa shape index (κ2) is 53.6. The van der Waals surface area contributed by atoms with Crippen molar-refractivity contribution in [3.05, 3.63) is 260 Å². The number of nitrogens with two attached hydrogens (primary N) is 1. The van der Waals surface area contributed by atoms with Gasteiger partial charge in [-0.3, -0.25) is 29.3 Å². The summed E-state index contributed by atoms with van der Waals surface area (Å²) < 4.78 is 10.3. The number of nitrogens with zero attached hydrogens (tertiary/aromatic N) is 8. The zero-order chi connectivity index (χ0) is 77.1. The molecule has 5 aromatic heterocycles. The van der Waals surface area contributed by atoms with Crippen molar-refractivity contribution in [1.29, 1.82) is 0 Å². The molecule has 1 fully saturated rings. The van der Waals surface area contributed by atoms with E-state index in [0.29, 0.717) is 52.0 Å². The van der Waals surface area contributed by atoms with Crippen molar-refractivity contribution >= 4 is 80.4 Å². The Balaban J connectivity index is 0.00000124. The van der Waals surface area contributed by atoms with Crippen molar-refractivity contribution in [2.45, 2.75) is 177 Å². The van der Waals surface area contributed by atoms with Crippen molar-refractivity contribution in [3.63, 3.8) is 0 Å². The summed E-state index contributed by atoms with van der Waals surface area (Å²) in [5, 5.41) is 12.5. The van der Waals surface area contributed by atoms with Crippen LogP contribution in [0.2, 0.25) is 10.3 Å². The number of ketones is 2. The van der Waals surface area contributed by atoms with Gasteiger partial charge in [-0.2, -0.15) is 6.92 Å². The van der Waals surface area contributed by atoms with Gasteiger partial charge in [0.15, 0.2) is 11.6 Å². The van der Waals surface area contributed by atoms with Gasteiger partial charge in [0.2, 0.25) is 0 Å². The maximum Gasteiger partial charge on any atom is 2.00 e. The van der Waals surface area contributed by atoms with Crippen molar-refractivity contribution in [2.75, 3.05) is 67.7 Å². The quantitative estimate of drug-likeness (QED) is 0.00792. The third kappa shape index (κ3) is 41.7. The zero-order valence-electron chi connectivity index (χ0n) is 65.8. The summed E-state index contributed by atoms with van der Waals surface area (Å²) in [5.41, 5.74) is 21.8. The number of likely N-dealkylation sites (N-methyl/N-ethyl adjacent to an activating group) is 2. The van der Waals surface area contributed by atoms with Crippen LogP contribution in [0.15, 0.2) is 170 Å². The van der Waals surface area contributed by atoms with Gasteiger partial charge in [0.1, 0.15) is 10.3 Å². The Kier molecular flexibility index (Phi) is 50.4. The summed E-state index contributed by atoms with van der Waals surface area (Å²) in [6.45, 7) is 38.4. The number of pyridine rings is 5. The zero-order valence-corrected chi connectivity index (χ0v) is 71.1. The fourth-order valence-corrected chi connectivity index (χ4v) is 9.60. The number of benzene rings is 3. The van der Waals surface area contributed by atoms with Crippen LogP contribution in [0.1, 0.15) is 234 Å². The van der Waals surface area contributed by atoms with Gasteiger partial charge in [-0.25, -0.2) is 9.97 Å². The second-order valence-corrected chi connectivity index (χ2v) is 29.2.